The quantitative estimate of drug-likeness (QED) is 0.763. The molecule has 0 saturated carbocycles. The molecule has 1 aromatic heterocycles. The number of rotatable bonds is 5. The maximum absolute atomic E-state index is 11.9. The number of hydrogen-bond donors (Lipinski definition) is 3. The summed E-state index contributed by atoms with van der Waals surface area (Å²) >= 11 is 0. The molecule has 3 rings (SSSR count). The van der Waals surface area contributed by atoms with Gasteiger partial charge in [-0.05, 0) is 12.1 Å². The number of amides is 2. The molecule has 1 aliphatic heterocycles. The maximum Gasteiger partial charge on any atom is 0.266 e. The first-order chi connectivity index (χ1) is 10.7. The molecule has 2 aromatic rings. The first kappa shape index (κ1) is 14.1. The van der Waals surface area contributed by atoms with Crippen LogP contribution in [0.15, 0.2) is 36.8 Å². The van der Waals surface area contributed by atoms with Crippen molar-refractivity contribution in [2.45, 2.75) is 18.9 Å². The zero-order valence-corrected chi connectivity index (χ0v) is 11.8. The Hall–Kier alpha value is -2.83. The molecule has 0 spiro atoms. The van der Waals surface area contributed by atoms with Crippen molar-refractivity contribution < 1.29 is 14.3 Å². The average molecular weight is 300 g/mol. The molecule has 1 aromatic carbocycles. The van der Waals surface area contributed by atoms with Gasteiger partial charge < -0.3 is 20.4 Å². The maximum atomic E-state index is 11.9. The summed E-state index contributed by atoms with van der Waals surface area (Å²) in [6.45, 7) is 0.478. The van der Waals surface area contributed by atoms with Crippen LogP contribution in [-0.2, 0) is 16.0 Å². The fraction of sp³-hybridized carbons (Fsp3) is 0.267. The topological polar surface area (TPSA) is 96.1 Å². The number of anilines is 1. The van der Waals surface area contributed by atoms with Crippen molar-refractivity contribution in [3.05, 3.63) is 42.5 Å². The SMILES string of the molecule is O=C(CC1Oc2ccccc2NC1=O)NCCc1cnc[nH]1. The fourth-order valence-electron chi connectivity index (χ4n) is 2.23. The summed E-state index contributed by atoms with van der Waals surface area (Å²) in [5.74, 6) is 0.0545. The van der Waals surface area contributed by atoms with Gasteiger partial charge in [-0.3, -0.25) is 9.59 Å². The third-order valence-electron chi connectivity index (χ3n) is 3.35. The van der Waals surface area contributed by atoms with E-state index in [0.29, 0.717) is 24.4 Å². The van der Waals surface area contributed by atoms with Gasteiger partial charge in [-0.15, -0.1) is 0 Å². The molecule has 0 bridgehead atoms. The number of carbonyl (C=O) groups excluding carboxylic acids is 2. The number of benzene rings is 1. The van der Waals surface area contributed by atoms with E-state index in [1.54, 1.807) is 24.7 Å². The summed E-state index contributed by atoms with van der Waals surface area (Å²) in [5, 5.41) is 5.50. The lowest BCUT2D eigenvalue weighted by atomic mass is 10.1. The van der Waals surface area contributed by atoms with Crippen molar-refractivity contribution in [3.8, 4) is 5.75 Å². The summed E-state index contributed by atoms with van der Waals surface area (Å²) in [7, 11) is 0. The highest BCUT2D eigenvalue weighted by atomic mass is 16.5. The Morgan fingerprint density at radius 2 is 2.23 bits per heavy atom. The summed E-state index contributed by atoms with van der Waals surface area (Å²) in [4.78, 5) is 30.7. The van der Waals surface area contributed by atoms with Crippen LogP contribution in [0.25, 0.3) is 0 Å². The molecule has 7 nitrogen and oxygen atoms in total. The Bertz CT molecular complexity index is 669. The normalized spacial score (nSPS) is 16.4. The third kappa shape index (κ3) is 3.25. The van der Waals surface area contributed by atoms with Crippen LogP contribution in [0.3, 0.4) is 0 Å². The van der Waals surface area contributed by atoms with Crippen LogP contribution in [0.4, 0.5) is 5.69 Å². The van der Waals surface area contributed by atoms with Crippen molar-refractivity contribution in [2.24, 2.45) is 0 Å². The van der Waals surface area contributed by atoms with Gasteiger partial charge in [0.1, 0.15) is 5.75 Å². The largest absolute Gasteiger partial charge is 0.478 e. The summed E-state index contributed by atoms with van der Waals surface area (Å²) < 4.78 is 5.58. The molecule has 0 saturated heterocycles. The van der Waals surface area contributed by atoms with E-state index in [9.17, 15) is 9.59 Å². The van der Waals surface area contributed by atoms with Crippen LogP contribution >= 0.6 is 0 Å². The second-order valence-electron chi connectivity index (χ2n) is 4.97. The van der Waals surface area contributed by atoms with E-state index in [0.717, 1.165) is 5.69 Å². The Labute approximate surface area is 127 Å². The number of carbonyl (C=O) groups is 2. The van der Waals surface area contributed by atoms with Gasteiger partial charge in [0.05, 0.1) is 18.4 Å². The van der Waals surface area contributed by atoms with E-state index in [1.165, 1.54) is 0 Å². The van der Waals surface area contributed by atoms with Crippen molar-refractivity contribution >= 4 is 17.5 Å². The smallest absolute Gasteiger partial charge is 0.266 e. The Balaban J connectivity index is 1.50. The second-order valence-corrected chi connectivity index (χ2v) is 4.97. The summed E-state index contributed by atoms with van der Waals surface area (Å²) in [6, 6.07) is 7.15. The Morgan fingerprint density at radius 3 is 3.05 bits per heavy atom. The molecular weight excluding hydrogens is 284 g/mol. The highest BCUT2D eigenvalue weighted by Crippen LogP contribution is 2.29. The monoisotopic (exact) mass is 300 g/mol. The van der Waals surface area contributed by atoms with Gasteiger partial charge in [0, 0.05) is 24.9 Å². The number of ether oxygens (including phenoxy) is 1. The lowest BCUT2D eigenvalue weighted by Crippen LogP contribution is -2.41. The number of fused-ring (bicyclic) bond motifs is 1. The first-order valence-corrected chi connectivity index (χ1v) is 7.03. The summed E-state index contributed by atoms with van der Waals surface area (Å²) in [5.41, 5.74) is 1.57. The predicted molar refractivity (Wildman–Crippen MR) is 79.4 cm³/mol. The number of H-pyrrole nitrogens is 1. The van der Waals surface area contributed by atoms with E-state index in [4.69, 9.17) is 4.74 Å². The molecule has 1 unspecified atom stereocenters. The fourth-order valence-corrected chi connectivity index (χ4v) is 2.23. The van der Waals surface area contributed by atoms with Gasteiger partial charge in [-0.1, -0.05) is 12.1 Å². The van der Waals surface area contributed by atoms with Gasteiger partial charge in [0.25, 0.3) is 5.91 Å². The van der Waals surface area contributed by atoms with Gasteiger partial charge >= 0.3 is 0 Å². The molecule has 22 heavy (non-hydrogen) atoms. The van der Waals surface area contributed by atoms with E-state index >= 15 is 0 Å². The number of hydrogen-bond acceptors (Lipinski definition) is 4. The van der Waals surface area contributed by atoms with E-state index in [-0.39, 0.29) is 18.2 Å². The van der Waals surface area contributed by atoms with Gasteiger partial charge in [0.15, 0.2) is 6.10 Å². The summed E-state index contributed by atoms with van der Waals surface area (Å²) in [6.07, 6.45) is 3.15. The van der Waals surface area contributed by atoms with Crippen LogP contribution in [-0.4, -0.2) is 34.4 Å². The molecule has 2 heterocycles. The minimum absolute atomic E-state index is 0.0108. The molecule has 3 N–H and O–H groups in total. The zero-order chi connectivity index (χ0) is 15.4. The lowest BCUT2D eigenvalue weighted by molar-refractivity contribution is -0.130. The van der Waals surface area contributed by atoms with E-state index < -0.39 is 6.10 Å². The minimum atomic E-state index is -0.804. The Morgan fingerprint density at radius 1 is 1.36 bits per heavy atom. The highest BCUT2D eigenvalue weighted by Gasteiger charge is 2.29. The zero-order valence-electron chi connectivity index (χ0n) is 11.8. The van der Waals surface area contributed by atoms with Gasteiger partial charge in [-0.25, -0.2) is 4.98 Å². The third-order valence-corrected chi connectivity index (χ3v) is 3.35. The molecule has 1 aliphatic rings. The number of nitrogens with one attached hydrogen (secondary N) is 3. The lowest BCUT2D eigenvalue weighted by Gasteiger charge is -2.25. The van der Waals surface area contributed by atoms with E-state index in [1.807, 2.05) is 12.1 Å². The van der Waals surface area contributed by atoms with Crippen molar-refractivity contribution in [1.29, 1.82) is 0 Å². The Kier molecular flexibility index (Phi) is 4.04. The van der Waals surface area contributed by atoms with Gasteiger partial charge in [-0.2, -0.15) is 0 Å². The van der Waals surface area contributed by atoms with Crippen LogP contribution < -0.4 is 15.4 Å². The van der Waals surface area contributed by atoms with Crippen molar-refractivity contribution in [2.75, 3.05) is 11.9 Å². The van der Waals surface area contributed by atoms with Gasteiger partial charge in [0.2, 0.25) is 5.91 Å². The molecule has 0 fully saturated rings. The van der Waals surface area contributed by atoms with Crippen LogP contribution in [0.5, 0.6) is 5.75 Å². The number of aromatic nitrogens is 2. The van der Waals surface area contributed by atoms with Crippen molar-refractivity contribution in [3.63, 3.8) is 0 Å². The molecule has 0 radical (unpaired) electrons. The average Bonchev–Trinajstić information content (AvgIpc) is 3.01. The predicted octanol–water partition coefficient (Wildman–Crippen LogP) is 0.858. The van der Waals surface area contributed by atoms with Crippen molar-refractivity contribution in [1.82, 2.24) is 15.3 Å². The highest BCUT2D eigenvalue weighted by molar-refractivity contribution is 5.99. The standard InChI is InChI=1S/C15H16N4O3/c20-14(17-6-5-10-8-16-9-18-10)7-13-15(21)19-11-3-1-2-4-12(11)22-13/h1-4,8-9,13H,5-7H2,(H,16,18)(H,17,20)(H,19,21). The van der Waals surface area contributed by atoms with Crippen LogP contribution in [0.1, 0.15) is 12.1 Å². The van der Waals surface area contributed by atoms with E-state index in [2.05, 4.69) is 20.6 Å². The minimum Gasteiger partial charge on any atom is -0.478 e. The number of imidazole rings is 1. The molecular formula is C15H16N4O3. The first-order valence-electron chi connectivity index (χ1n) is 7.03. The number of para-hydroxylation sites is 2. The van der Waals surface area contributed by atoms with Crippen LogP contribution in [0.2, 0.25) is 0 Å². The molecule has 7 heteroatoms. The number of aromatic amines is 1. The molecule has 114 valence electrons. The second kappa shape index (κ2) is 6.30. The number of nitrogens with zero attached hydrogens (tertiary/aromatic N) is 1. The molecule has 1 atom stereocenters. The molecule has 2 amide bonds. The van der Waals surface area contributed by atoms with Crippen LogP contribution in [0, 0.1) is 0 Å². The molecule has 0 aliphatic carbocycles.